The van der Waals surface area contributed by atoms with Gasteiger partial charge >= 0.3 is 37.7 Å². The first-order valence-corrected chi connectivity index (χ1v) is 4.05. The van der Waals surface area contributed by atoms with Gasteiger partial charge in [0, 0.05) is 13.1 Å². The molecular formula is C6H15CaNS2. The Morgan fingerprint density at radius 2 is 2.00 bits per heavy atom. The summed E-state index contributed by atoms with van der Waals surface area (Å²) < 4.78 is 0.708. The van der Waals surface area contributed by atoms with Crippen molar-refractivity contribution in [2.24, 2.45) is 0 Å². The van der Waals surface area contributed by atoms with Gasteiger partial charge in [-0.1, -0.05) is 19.1 Å². The van der Waals surface area contributed by atoms with Crippen molar-refractivity contribution in [1.82, 2.24) is 4.90 Å². The molecule has 0 heterocycles. The Hall–Kier alpha value is 1.50. The number of thiol groups is 1. The van der Waals surface area contributed by atoms with E-state index in [-0.39, 0.29) is 37.7 Å². The average molecular weight is 205 g/mol. The first-order chi connectivity index (χ1) is 4.22. The molecule has 0 aliphatic heterocycles. The fraction of sp³-hybridized carbons (Fsp3) is 0.833. The molecular weight excluding hydrogens is 190 g/mol. The Balaban J connectivity index is 0. The van der Waals surface area contributed by atoms with E-state index in [0.717, 1.165) is 19.5 Å². The SMILES string of the molecule is CCCN(CC)C(=S)S.[CaH2]. The molecule has 0 saturated heterocycles. The van der Waals surface area contributed by atoms with Gasteiger partial charge in [-0.2, -0.15) is 0 Å². The molecule has 0 bridgehead atoms. The third-order valence-electron chi connectivity index (χ3n) is 1.15. The quantitative estimate of drug-likeness (QED) is 0.416. The normalized spacial score (nSPS) is 8.30. The standard InChI is InChI=1S/C6H13NS2.Ca.2H/c1-3-5-7(4-2)6(8)9;;;/h3-5H2,1-2H3,(H,8,9);;;. The van der Waals surface area contributed by atoms with Crippen molar-refractivity contribution in [1.29, 1.82) is 0 Å². The van der Waals surface area contributed by atoms with Crippen LogP contribution in [0.3, 0.4) is 0 Å². The third kappa shape index (κ3) is 6.23. The van der Waals surface area contributed by atoms with Crippen LogP contribution < -0.4 is 0 Å². The van der Waals surface area contributed by atoms with Gasteiger partial charge in [0.2, 0.25) is 0 Å². The van der Waals surface area contributed by atoms with Crippen molar-refractivity contribution in [3.63, 3.8) is 0 Å². The van der Waals surface area contributed by atoms with Gasteiger partial charge in [0.05, 0.1) is 0 Å². The van der Waals surface area contributed by atoms with Crippen LogP contribution >= 0.6 is 24.8 Å². The van der Waals surface area contributed by atoms with Gasteiger partial charge < -0.3 is 4.90 Å². The van der Waals surface area contributed by atoms with E-state index in [9.17, 15) is 0 Å². The first-order valence-electron chi connectivity index (χ1n) is 3.20. The fourth-order valence-corrected chi connectivity index (χ4v) is 1.12. The number of thiocarbonyl (C=S) groups is 1. The topological polar surface area (TPSA) is 3.24 Å². The van der Waals surface area contributed by atoms with Crippen LogP contribution in [0.2, 0.25) is 0 Å². The van der Waals surface area contributed by atoms with Crippen LogP contribution in [0.1, 0.15) is 20.3 Å². The predicted molar refractivity (Wildman–Crippen MR) is 57.7 cm³/mol. The zero-order chi connectivity index (χ0) is 7.28. The molecule has 0 saturated carbocycles. The third-order valence-corrected chi connectivity index (χ3v) is 1.69. The summed E-state index contributed by atoms with van der Waals surface area (Å²) in [5, 5.41) is 0. The van der Waals surface area contributed by atoms with Crippen molar-refractivity contribution >= 4 is 66.9 Å². The van der Waals surface area contributed by atoms with Gasteiger partial charge in [-0.3, -0.25) is 0 Å². The Kier molecular flexibility index (Phi) is 12.1. The number of hydrogen-bond donors (Lipinski definition) is 1. The van der Waals surface area contributed by atoms with Crippen molar-refractivity contribution in [2.45, 2.75) is 20.3 Å². The van der Waals surface area contributed by atoms with Crippen LogP contribution in [0.5, 0.6) is 0 Å². The van der Waals surface area contributed by atoms with E-state index in [1.54, 1.807) is 0 Å². The molecule has 0 unspecified atom stereocenters. The van der Waals surface area contributed by atoms with Crippen LogP contribution in [0.15, 0.2) is 0 Å². The molecule has 0 aromatic carbocycles. The second kappa shape index (κ2) is 8.59. The summed E-state index contributed by atoms with van der Waals surface area (Å²) in [6, 6.07) is 0. The Bertz CT molecular complexity index is 97.7. The maximum absolute atomic E-state index is 4.87. The van der Waals surface area contributed by atoms with E-state index in [1.807, 2.05) is 0 Å². The first kappa shape index (κ1) is 14.0. The molecule has 0 atom stereocenters. The van der Waals surface area contributed by atoms with Gasteiger partial charge in [-0.25, -0.2) is 0 Å². The second-order valence-electron chi connectivity index (χ2n) is 1.86. The molecule has 0 N–H and O–H groups in total. The Labute approximate surface area is 104 Å². The van der Waals surface area contributed by atoms with E-state index in [2.05, 4.69) is 31.4 Å². The average Bonchev–Trinajstić information content (AvgIpc) is 1.82. The van der Waals surface area contributed by atoms with Crippen molar-refractivity contribution in [3.8, 4) is 0 Å². The maximum atomic E-state index is 4.87. The molecule has 0 aliphatic rings. The molecule has 58 valence electrons. The second-order valence-corrected chi connectivity index (χ2v) is 2.98. The van der Waals surface area contributed by atoms with E-state index in [1.165, 1.54) is 0 Å². The van der Waals surface area contributed by atoms with E-state index < -0.39 is 0 Å². The molecule has 0 aromatic heterocycles. The summed E-state index contributed by atoms with van der Waals surface area (Å²) in [5.41, 5.74) is 0. The minimum absolute atomic E-state index is 0. The molecule has 0 amide bonds. The van der Waals surface area contributed by atoms with Crippen molar-refractivity contribution in [3.05, 3.63) is 0 Å². The zero-order valence-corrected chi connectivity index (χ0v) is 7.63. The van der Waals surface area contributed by atoms with E-state index >= 15 is 0 Å². The van der Waals surface area contributed by atoms with Crippen LogP contribution in [-0.2, 0) is 0 Å². The minimum atomic E-state index is 0. The van der Waals surface area contributed by atoms with Crippen LogP contribution in [0.4, 0.5) is 0 Å². The molecule has 10 heavy (non-hydrogen) atoms. The Morgan fingerprint density at radius 1 is 1.50 bits per heavy atom. The number of hydrogen-bond acceptors (Lipinski definition) is 1. The van der Waals surface area contributed by atoms with Gasteiger partial charge in [-0.15, -0.1) is 12.6 Å². The van der Waals surface area contributed by atoms with Crippen LogP contribution in [0.25, 0.3) is 0 Å². The van der Waals surface area contributed by atoms with Crippen molar-refractivity contribution in [2.75, 3.05) is 13.1 Å². The number of rotatable bonds is 3. The molecule has 4 heteroatoms. The molecule has 0 aromatic rings. The summed E-state index contributed by atoms with van der Waals surface area (Å²) in [5.74, 6) is 0. The molecule has 0 fully saturated rings. The zero-order valence-electron chi connectivity index (χ0n) is 5.92. The molecule has 0 spiro atoms. The monoisotopic (exact) mass is 205 g/mol. The summed E-state index contributed by atoms with van der Waals surface area (Å²) in [4.78, 5) is 2.07. The van der Waals surface area contributed by atoms with Gasteiger partial charge in [-0.05, 0) is 13.3 Å². The fourth-order valence-electron chi connectivity index (χ4n) is 0.659. The Morgan fingerprint density at radius 3 is 2.10 bits per heavy atom. The van der Waals surface area contributed by atoms with Crippen LogP contribution in [-0.4, -0.2) is 60.0 Å². The number of nitrogens with zero attached hydrogens (tertiary/aromatic N) is 1. The van der Waals surface area contributed by atoms with Gasteiger partial charge in [0.1, 0.15) is 4.32 Å². The molecule has 0 rings (SSSR count). The van der Waals surface area contributed by atoms with Crippen molar-refractivity contribution < 1.29 is 0 Å². The molecule has 0 radical (unpaired) electrons. The summed E-state index contributed by atoms with van der Waals surface area (Å²) in [7, 11) is 0. The predicted octanol–water partition coefficient (Wildman–Crippen LogP) is 1.02. The van der Waals surface area contributed by atoms with Gasteiger partial charge in [0.15, 0.2) is 0 Å². The molecule has 1 nitrogen and oxygen atoms in total. The van der Waals surface area contributed by atoms with Crippen LogP contribution in [0, 0.1) is 0 Å². The van der Waals surface area contributed by atoms with E-state index in [4.69, 9.17) is 12.2 Å². The summed E-state index contributed by atoms with van der Waals surface area (Å²) in [6.45, 7) is 6.21. The summed E-state index contributed by atoms with van der Waals surface area (Å²) in [6.07, 6.45) is 1.13. The summed E-state index contributed by atoms with van der Waals surface area (Å²) >= 11 is 8.94. The van der Waals surface area contributed by atoms with Gasteiger partial charge in [0.25, 0.3) is 0 Å². The van der Waals surface area contributed by atoms with E-state index in [0.29, 0.717) is 4.32 Å². The molecule has 0 aliphatic carbocycles.